The zero-order chi connectivity index (χ0) is 19.4. The number of hydrogen-bond donors (Lipinski definition) is 4. The molecule has 2 saturated heterocycles. The Bertz CT molecular complexity index is 623. The Labute approximate surface area is 157 Å². The van der Waals surface area contributed by atoms with Gasteiger partial charge in [-0.2, -0.15) is 5.10 Å². The van der Waals surface area contributed by atoms with Crippen molar-refractivity contribution in [3.63, 3.8) is 0 Å². The van der Waals surface area contributed by atoms with Gasteiger partial charge in [0.2, 0.25) is 5.91 Å². The molecule has 0 aromatic heterocycles. The average Bonchev–Trinajstić information content (AvgIpc) is 3.26. The summed E-state index contributed by atoms with van der Waals surface area (Å²) >= 11 is 0. The van der Waals surface area contributed by atoms with Crippen molar-refractivity contribution in [3.8, 4) is 0 Å². The summed E-state index contributed by atoms with van der Waals surface area (Å²) in [5.41, 5.74) is 2.98. The summed E-state index contributed by atoms with van der Waals surface area (Å²) in [6.45, 7) is 1.17. The first-order chi connectivity index (χ1) is 13.0. The second-order valence-corrected chi connectivity index (χ2v) is 7.32. The number of rotatable bonds is 4. The number of likely N-dealkylation sites (tertiary alicyclic amines) is 1. The molecule has 0 aromatic carbocycles. The Morgan fingerprint density at radius 1 is 1.21 bits per heavy atom. The summed E-state index contributed by atoms with van der Waals surface area (Å²) < 4.78 is 5.56. The van der Waals surface area contributed by atoms with E-state index in [4.69, 9.17) is 4.74 Å². The summed E-state index contributed by atoms with van der Waals surface area (Å²) in [7, 11) is 1.65. The van der Waals surface area contributed by atoms with Crippen LogP contribution in [0.2, 0.25) is 0 Å². The van der Waals surface area contributed by atoms with Crippen LogP contribution in [0.5, 0.6) is 0 Å². The minimum atomic E-state index is -1.00. The number of ether oxygens (including phenoxy) is 1. The van der Waals surface area contributed by atoms with Gasteiger partial charge >= 0.3 is 12.1 Å². The standard InChI is InChI=1S/C17H27N5O5.Fm/c1-18-15(23)11-4-2-10(3-5-11)8-19-16(24)21-20-12-9-27-13-6-7-22(14(12)13)17(25)26;/h10-11,13-14H,2-9H2,1H3,(H,18,23)(H,25,26)(H2,19,21,24);/b20-12+;. The number of carbonyl (C=O) groups excluding carboxylic acids is 2. The van der Waals surface area contributed by atoms with Crippen molar-refractivity contribution in [2.75, 3.05) is 26.7 Å². The van der Waals surface area contributed by atoms with Crippen LogP contribution in [0.1, 0.15) is 32.1 Å². The van der Waals surface area contributed by atoms with Crippen LogP contribution < -0.4 is 16.1 Å². The van der Waals surface area contributed by atoms with Crippen LogP contribution in [-0.2, 0) is 9.53 Å². The van der Waals surface area contributed by atoms with Crippen molar-refractivity contribution < 1.29 is 24.2 Å². The number of hydrazone groups is 1. The van der Waals surface area contributed by atoms with Crippen LogP contribution in [-0.4, -0.2) is 72.6 Å². The smallest absolute Gasteiger partial charge is 0.407 e. The fraction of sp³-hybridized carbons (Fsp3) is 0.765. The third kappa shape index (κ3) is 4.48. The molecule has 1 aliphatic carbocycles. The number of urea groups is 1. The molecule has 3 aliphatic rings. The normalized spacial score (nSPS) is 30.3. The summed E-state index contributed by atoms with van der Waals surface area (Å²) in [6.07, 6.45) is 2.93. The fourth-order valence-electron chi connectivity index (χ4n) is 4.16. The number of carbonyl (C=O) groups is 3. The first kappa shape index (κ1) is 20.9. The van der Waals surface area contributed by atoms with Gasteiger partial charge in [-0.15, -0.1) is 0 Å². The average molecular weight is 638 g/mol. The maximum Gasteiger partial charge on any atom is 0.407 e. The second-order valence-electron chi connectivity index (χ2n) is 7.32. The molecular formula is C17H27FmN5O5. The number of fused-ring (bicyclic) bond motifs is 1. The van der Waals surface area contributed by atoms with Gasteiger partial charge in [-0.3, -0.25) is 9.69 Å². The van der Waals surface area contributed by atoms with Gasteiger partial charge in [-0.05, 0) is 38.0 Å². The van der Waals surface area contributed by atoms with Crippen LogP contribution in [0.3, 0.4) is 0 Å². The summed E-state index contributed by atoms with van der Waals surface area (Å²) in [5, 5.41) is 18.8. The summed E-state index contributed by atoms with van der Waals surface area (Å²) in [6, 6.07) is -0.831. The molecule has 2 unspecified atom stereocenters. The van der Waals surface area contributed by atoms with E-state index in [9.17, 15) is 19.5 Å². The van der Waals surface area contributed by atoms with Crippen molar-refractivity contribution in [2.45, 2.75) is 44.2 Å². The Morgan fingerprint density at radius 2 is 1.93 bits per heavy atom. The minimum Gasteiger partial charge on any atom is -0.465 e. The molecule has 4 amide bonds. The molecule has 2 heterocycles. The third-order valence-corrected chi connectivity index (χ3v) is 5.69. The molecule has 4 N–H and O–H groups in total. The molecule has 0 bridgehead atoms. The second kappa shape index (κ2) is 9.03. The molecule has 28 heavy (non-hydrogen) atoms. The van der Waals surface area contributed by atoms with E-state index < -0.39 is 18.2 Å². The Kier molecular flexibility index (Phi) is 6.75. The predicted molar refractivity (Wildman–Crippen MR) is 96.4 cm³/mol. The molecule has 0 aromatic rings. The predicted octanol–water partition coefficient (Wildman–Crippen LogP) is 0.345. The molecule has 11 heteroatoms. The third-order valence-electron chi connectivity index (χ3n) is 5.69. The monoisotopic (exact) mass is 638 g/mol. The van der Waals surface area contributed by atoms with Crippen LogP contribution >= 0.6 is 0 Å². The van der Waals surface area contributed by atoms with Crippen LogP contribution in [0, 0.1) is 11.8 Å². The van der Waals surface area contributed by atoms with E-state index in [0.29, 0.717) is 31.1 Å². The van der Waals surface area contributed by atoms with Gasteiger partial charge in [0.25, 0.3) is 0 Å². The SMILES string of the molecule is CNC(=O)C1CCC(CNC(=O)N/N=C2\COC3CCN(C(=O)O)C23)CC1.[Fm]. The van der Waals surface area contributed by atoms with Gasteiger partial charge in [-0.1, -0.05) is 0 Å². The molecule has 2 aliphatic heterocycles. The van der Waals surface area contributed by atoms with Crippen LogP contribution in [0.15, 0.2) is 5.10 Å². The van der Waals surface area contributed by atoms with Crippen molar-refractivity contribution in [3.05, 3.63) is 0 Å². The van der Waals surface area contributed by atoms with E-state index in [2.05, 4.69) is 21.2 Å². The first-order valence-corrected chi connectivity index (χ1v) is 9.42. The molecule has 1 saturated carbocycles. The largest absolute Gasteiger partial charge is 0.465 e. The molecule has 162 valence electrons. The number of carboxylic acid groups (broad SMARTS) is 1. The van der Waals surface area contributed by atoms with E-state index in [0.717, 1.165) is 25.7 Å². The van der Waals surface area contributed by atoms with E-state index >= 15 is 0 Å². The van der Waals surface area contributed by atoms with E-state index in [1.807, 2.05) is 0 Å². The van der Waals surface area contributed by atoms with Gasteiger partial charge in [-0.25, -0.2) is 15.0 Å². The summed E-state index contributed by atoms with van der Waals surface area (Å²) in [4.78, 5) is 36.2. The van der Waals surface area contributed by atoms with Gasteiger partial charge in [0, 0.05) is 26.1 Å². The molecule has 2 atom stereocenters. The number of hydrogen-bond acceptors (Lipinski definition) is 5. The van der Waals surface area contributed by atoms with E-state index in [1.54, 1.807) is 7.05 Å². The van der Waals surface area contributed by atoms with Crippen molar-refractivity contribution in [2.24, 2.45) is 16.9 Å². The number of nitrogens with one attached hydrogen (secondary N) is 3. The summed E-state index contributed by atoms with van der Waals surface area (Å²) in [5.74, 6) is 0.514. The maximum atomic E-state index is 12.0. The first-order valence-electron chi connectivity index (χ1n) is 9.42. The van der Waals surface area contributed by atoms with Crippen molar-refractivity contribution in [1.29, 1.82) is 0 Å². The van der Waals surface area contributed by atoms with Crippen LogP contribution in [0.4, 0.5) is 9.59 Å². The number of amides is 4. The van der Waals surface area contributed by atoms with E-state index in [-0.39, 0.29) is 24.5 Å². The minimum absolute atomic E-state index is 0. The molecule has 3 fully saturated rings. The molecule has 0 spiro atoms. The van der Waals surface area contributed by atoms with Crippen LogP contribution in [0.25, 0.3) is 0 Å². The quantitative estimate of drug-likeness (QED) is 0.330. The molecule has 3 rings (SSSR count). The maximum absolute atomic E-state index is 12.0. The Hall–Kier alpha value is -3.36. The van der Waals surface area contributed by atoms with Crippen molar-refractivity contribution in [1.82, 2.24) is 21.0 Å². The van der Waals surface area contributed by atoms with Gasteiger partial charge < -0.3 is 20.5 Å². The zero-order valence-corrected chi connectivity index (χ0v) is 18.1. The molecular weight excluding hydrogens is 611 g/mol. The fourth-order valence-corrected chi connectivity index (χ4v) is 4.16. The molecule has 10 nitrogen and oxygen atoms in total. The Morgan fingerprint density at radius 3 is 2.57 bits per heavy atom. The topological polar surface area (TPSA) is 132 Å². The Balaban J connectivity index is 0.00000280. The van der Waals surface area contributed by atoms with Gasteiger partial charge in [0.1, 0.15) is 6.04 Å². The number of nitrogens with zero attached hydrogens (tertiary/aromatic N) is 2. The van der Waals surface area contributed by atoms with Gasteiger partial charge in [0.15, 0.2) is 0 Å². The van der Waals surface area contributed by atoms with Gasteiger partial charge in [0.05, 0.1) is 18.4 Å². The van der Waals surface area contributed by atoms with Crippen molar-refractivity contribution >= 4 is 23.7 Å². The molecule has 0 radical (unpaired) electrons. The zero-order valence-electron chi connectivity index (χ0n) is 15.7. The van der Waals surface area contributed by atoms with E-state index in [1.165, 1.54) is 4.90 Å².